The Balaban J connectivity index is 2.06. The zero-order valence-electron chi connectivity index (χ0n) is 11.6. The third-order valence-corrected chi connectivity index (χ3v) is 2.79. The van der Waals surface area contributed by atoms with Gasteiger partial charge in [-0.25, -0.2) is 9.97 Å². The highest BCUT2D eigenvalue weighted by Crippen LogP contribution is 2.22. The van der Waals surface area contributed by atoms with Gasteiger partial charge in [-0.2, -0.15) is 0 Å². The standard InChI is InChI=1S/C15H19N3O/c1-4-16-8-13-9-17-15(18-10-13)19-14-6-5-11(2)7-12(14)3/h5-7,9-10,16H,4,8H2,1-3H3. The Kier molecular flexibility index (Phi) is 4.47. The van der Waals surface area contributed by atoms with Gasteiger partial charge in [-0.05, 0) is 32.0 Å². The van der Waals surface area contributed by atoms with E-state index in [1.54, 1.807) is 12.4 Å². The van der Waals surface area contributed by atoms with E-state index in [2.05, 4.69) is 35.2 Å². The van der Waals surface area contributed by atoms with Gasteiger partial charge in [0.1, 0.15) is 5.75 Å². The van der Waals surface area contributed by atoms with Gasteiger partial charge in [0.15, 0.2) is 0 Å². The number of hydrogen-bond donors (Lipinski definition) is 1. The number of aromatic nitrogens is 2. The minimum absolute atomic E-state index is 0.382. The summed E-state index contributed by atoms with van der Waals surface area (Å²) in [6.45, 7) is 7.85. The first-order chi connectivity index (χ1) is 9.19. The van der Waals surface area contributed by atoms with Crippen LogP contribution in [0.15, 0.2) is 30.6 Å². The Labute approximate surface area is 113 Å². The molecule has 2 aromatic rings. The van der Waals surface area contributed by atoms with E-state index in [1.165, 1.54) is 5.56 Å². The largest absolute Gasteiger partial charge is 0.424 e. The van der Waals surface area contributed by atoms with Gasteiger partial charge in [0.2, 0.25) is 0 Å². The van der Waals surface area contributed by atoms with Crippen LogP contribution < -0.4 is 10.1 Å². The van der Waals surface area contributed by atoms with Crippen molar-refractivity contribution >= 4 is 0 Å². The number of ether oxygens (including phenoxy) is 1. The van der Waals surface area contributed by atoms with E-state index < -0.39 is 0 Å². The molecule has 100 valence electrons. The van der Waals surface area contributed by atoms with Gasteiger partial charge in [0, 0.05) is 24.5 Å². The van der Waals surface area contributed by atoms with E-state index in [0.29, 0.717) is 6.01 Å². The number of hydrogen-bond acceptors (Lipinski definition) is 4. The second-order valence-corrected chi connectivity index (χ2v) is 4.53. The molecule has 4 heteroatoms. The van der Waals surface area contributed by atoms with E-state index in [1.807, 2.05) is 19.1 Å². The average molecular weight is 257 g/mol. The molecular formula is C15H19N3O. The monoisotopic (exact) mass is 257 g/mol. The molecule has 0 unspecified atom stereocenters. The Morgan fingerprint density at radius 2 is 1.89 bits per heavy atom. The van der Waals surface area contributed by atoms with Crippen molar-refractivity contribution in [1.29, 1.82) is 0 Å². The van der Waals surface area contributed by atoms with Crippen LogP contribution in [0.4, 0.5) is 0 Å². The number of nitrogens with one attached hydrogen (secondary N) is 1. The highest BCUT2D eigenvalue weighted by atomic mass is 16.5. The van der Waals surface area contributed by atoms with Gasteiger partial charge in [-0.15, -0.1) is 0 Å². The zero-order chi connectivity index (χ0) is 13.7. The van der Waals surface area contributed by atoms with Crippen molar-refractivity contribution in [3.8, 4) is 11.8 Å². The van der Waals surface area contributed by atoms with Gasteiger partial charge >= 0.3 is 6.01 Å². The lowest BCUT2D eigenvalue weighted by atomic mass is 10.1. The number of aryl methyl sites for hydroxylation is 2. The SMILES string of the molecule is CCNCc1cnc(Oc2ccc(C)cc2C)nc1. The van der Waals surface area contributed by atoms with Crippen LogP contribution in [0.25, 0.3) is 0 Å². The second kappa shape index (κ2) is 6.29. The van der Waals surface area contributed by atoms with Gasteiger partial charge < -0.3 is 10.1 Å². The smallest absolute Gasteiger partial charge is 0.321 e. The van der Waals surface area contributed by atoms with E-state index in [9.17, 15) is 0 Å². The topological polar surface area (TPSA) is 47.0 Å². The van der Waals surface area contributed by atoms with Gasteiger partial charge in [0.05, 0.1) is 0 Å². The molecule has 0 saturated carbocycles. The van der Waals surface area contributed by atoms with Crippen molar-refractivity contribution in [3.05, 3.63) is 47.3 Å². The highest BCUT2D eigenvalue weighted by Gasteiger charge is 2.04. The molecule has 0 radical (unpaired) electrons. The summed E-state index contributed by atoms with van der Waals surface area (Å²) in [5.74, 6) is 0.796. The van der Waals surface area contributed by atoms with Crippen LogP contribution in [0.5, 0.6) is 11.8 Å². The molecule has 0 spiro atoms. The first-order valence-corrected chi connectivity index (χ1v) is 6.46. The van der Waals surface area contributed by atoms with E-state index in [-0.39, 0.29) is 0 Å². The number of benzene rings is 1. The number of nitrogens with zero attached hydrogens (tertiary/aromatic N) is 2. The summed E-state index contributed by atoms with van der Waals surface area (Å²) in [4.78, 5) is 8.43. The van der Waals surface area contributed by atoms with Crippen molar-refractivity contribution in [1.82, 2.24) is 15.3 Å². The van der Waals surface area contributed by atoms with Crippen molar-refractivity contribution in [2.45, 2.75) is 27.3 Å². The van der Waals surface area contributed by atoms with Crippen LogP contribution in [0.1, 0.15) is 23.6 Å². The van der Waals surface area contributed by atoms with Crippen molar-refractivity contribution in [2.24, 2.45) is 0 Å². The molecule has 0 fully saturated rings. The molecule has 1 heterocycles. The van der Waals surface area contributed by atoms with Crippen molar-refractivity contribution in [2.75, 3.05) is 6.54 Å². The molecule has 0 aliphatic rings. The summed E-state index contributed by atoms with van der Waals surface area (Å²) >= 11 is 0. The van der Waals surface area contributed by atoms with Gasteiger partial charge in [-0.3, -0.25) is 0 Å². The van der Waals surface area contributed by atoms with Crippen LogP contribution in [0, 0.1) is 13.8 Å². The summed E-state index contributed by atoms with van der Waals surface area (Å²) in [6, 6.07) is 6.42. The Hall–Kier alpha value is -1.94. The van der Waals surface area contributed by atoms with Gasteiger partial charge in [-0.1, -0.05) is 24.6 Å². The molecule has 0 saturated heterocycles. The fourth-order valence-corrected chi connectivity index (χ4v) is 1.77. The molecule has 1 aromatic carbocycles. The van der Waals surface area contributed by atoms with E-state index in [0.717, 1.165) is 30.0 Å². The predicted molar refractivity (Wildman–Crippen MR) is 75.4 cm³/mol. The lowest BCUT2D eigenvalue weighted by Crippen LogP contribution is -2.12. The Morgan fingerprint density at radius 1 is 1.16 bits per heavy atom. The lowest BCUT2D eigenvalue weighted by Gasteiger charge is -2.08. The molecule has 19 heavy (non-hydrogen) atoms. The van der Waals surface area contributed by atoms with Crippen LogP contribution >= 0.6 is 0 Å². The highest BCUT2D eigenvalue weighted by molar-refractivity contribution is 5.37. The number of rotatable bonds is 5. The van der Waals surface area contributed by atoms with E-state index >= 15 is 0 Å². The Morgan fingerprint density at radius 3 is 2.53 bits per heavy atom. The average Bonchev–Trinajstić information content (AvgIpc) is 2.41. The molecule has 2 rings (SSSR count). The summed E-state index contributed by atoms with van der Waals surface area (Å²) in [5.41, 5.74) is 3.35. The first kappa shape index (κ1) is 13.5. The quantitative estimate of drug-likeness (QED) is 0.894. The molecule has 0 amide bonds. The van der Waals surface area contributed by atoms with Crippen LogP contribution in [-0.4, -0.2) is 16.5 Å². The van der Waals surface area contributed by atoms with Crippen LogP contribution in [0.3, 0.4) is 0 Å². The van der Waals surface area contributed by atoms with Crippen LogP contribution in [-0.2, 0) is 6.54 Å². The normalized spacial score (nSPS) is 10.5. The van der Waals surface area contributed by atoms with Gasteiger partial charge in [0.25, 0.3) is 0 Å². The van der Waals surface area contributed by atoms with Crippen LogP contribution in [0.2, 0.25) is 0 Å². The molecule has 0 atom stereocenters. The molecule has 1 aromatic heterocycles. The lowest BCUT2D eigenvalue weighted by molar-refractivity contribution is 0.437. The molecule has 0 aliphatic heterocycles. The summed E-state index contributed by atoms with van der Waals surface area (Å²) in [7, 11) is 0. The molecular weight excluding hydrogens is 238 g/mol. The second-order valence-electron chi connectivity index (χ2n) is 4.53. The zero-order valence-corrected chi connectivity index (χ0v) is 11.6. The third kappa shape index (κ3) is 3.76. The van der Waals surface area contributed by atoms with E-state index in [4.69, 9.17) is 4.74 Å². The maximum absolute atomic E-state index is 5.68. The third-order valence-electron chi connectivity index (χ3n) is 2.79. The summed E-state index contributed by atoms with van der Waals surface area (Å²) in [5, 5.41) is 3.23. The fourth-order valence-electron chi connectivity index (χ4n) is 1.77. The molecule has 0 bridgehead atoms. The minimum Gasteiger partial charge on any atom is -0.424 e. The maximum atomic E-state index is 5.68. The molecule has 0 aliphatic carbocycles. The predicted octanol–water partition coefficient (Wildman–Crippen LogP) is 3.00. The maximum Gasteiger partial charge on any atom is 0.321 e. The Bertz CT molecular complexity index is 538. The van der Waals surface area contributed by atoms with Crippen molar-refractivity contribution in [3.63, 3.8) is 0 Å². The molecule has 4 nitrogen and oxygen atoms in total. The minimum atomic E-state index is 0.382. The molecule has 1 N–H and O–H groups in total. The fraction of sp³-hybridized carbons (Fsp3) is 0.333. The first-order valence-electron chi connectivity index (χ1n) is 6.46. The summed E-state index contributed by atoms with van der Waals surface area (Å²) in [6.07, 6.45) is 3.57. The summed E-state index contributed by atoms with van der Waals surface area (Å²) < 4.78 is 5.68. The van der Waals surface area contributed by atoms with Crippen molar-refractivity contribution < 1.29 is 4.74 Å².